The summed E-state index contributed by atoms with van der Waals surface area (Å²) in [4.78, 5) is 31.5. The van der Waals surface area contributed by atoms with Crippen molar-refractivity contribution in [1.82, 2.24) is 9.97 Å². The van der Waals surface area contributed by atoms with Gasteiger partial charge in [0.1, 0.15) is 10.3 Å². The topological polar surface area (TPSA) is 78.4 Å². The molecule has 2 aromatic heterocycles. The number of thiazole rings is 1. The van der Waals surface area contributed by atoms with E-state index in [2.05, 4.69) is 9.97 Å². The molecule has 100 valence electrons. The van der Waals surface area contributed by atoms with Gasteiger partial charge in [0, 0.05) is 18.9 Å². The van der Waals surface area contributed by atoms with Crippen LogP contribution in [-0.4, -0.2) is 36.4 Å². The fourth-order valence-electron chi connectivity index (χ4n) is 1.76. The molecule has 0 aliphatic heterocycles. The van der Waals surface area contributed by atoms with Gasteiger partial charge in [0.2, 0.25) is 0 Å². The molecule has 0 aromatic carbocycles. The number of pyridine rings is 1. The lowest BCUT2D eigenvalue weighted by molar-refractivity contribution is 0.0588. The van der Waals surface area contributed by atoms with Crippen molar-refractivity contribution in [3.05, 3.63) is 22.3 Å². The highest BCUT2D eigenvalue weighted by Gasteiger charge is 2.23. The maximum Gasteiger partial charge on any atom is 0.339 e. The minimum absolute atomic E-state index is 0.298. The summed E-state index contributed by atoms with van der Waals surface area (Å²) in [7, 11) is 2.83. The zero-order chi connectivity index (χ0) is 14.0. The van der Waals surface area contributed by atoms with Gasteiger partial charge >= 0.3 is 5.97 Å². The Morgan fingerprint density at radius 3 is 2.79 bits per heavy atom. The van der Waals surface area contributed by atoms with Gasteiger partial charge < -0.3 is 9.47 Å². The second-order valence-electron chi connectivity index (χ2n) is 3.78. The molecule has 0 aliphatic carbocycles. The molecule has 0 amide bonds. The summed E-state index contributed by atoms with van der Waals surface area (Å²) in [5.74, 6) is -0.506. The van der Waals surface area contributed by atoms with E-state index in [-0.39, 0.29) is 6.10 Å². The number of ether oxygens (including phenoxy) is 2. The first-order valence-electron chi connectivity index (χ1n) is 5.48. The van der Waals surface area contributed by atoms with Crippen LogP contribution in [0.3, 0.4) is 0 Å². The molecule has 2 aromatic rings. The molecule has 1 atom stereocenters. The Hall–Kier alpha value is -1.86. The van der Waals surface area contributed by atoms with Gasteiger partial charge in [-0.25, -0.2) is 14.8 Å². The van der Waals surface area contributed by atoms with Crippen molar-refractivity contribution in [1.29, 1.82) is 0 Å². The van der Waals surface area contributed by atoms with Crippen LogP contribution in [0.2, 0.25) is 0 Å². The van der Waals surface area contributed by atoms with Crippen LogP contribution in [0.5, 0.6) is 0 Å². The molecule has 19 heavy (non-hydrogen) atoms. The van der Waals surface area contributed by atoms with Crippen molar-refractivity contribution >= 4 is 33.9 Å². The molecular weight excluding hydrogens is 268 g/mol. The third-order valence-electron chi connectivity index (χ3n) is 2.75. The Labute approximate surface area is 113 Å². The Morgan fingerprint density at radius 2 is 2.21 bits per heavy atom. The van der Waals surface area contributed by atoms with E-state index in [9.17, 15) is 9.59 Å². The lowest BCUT2D eigenvalue weighted by atomic mass is 10.0. The minimum Gasteiger partial charge on any atom is -0.465 e. The maximum atomic E-state index is 11.8. The van der Waals surface area contributed by atoms with E-state index in [1.54, 1.807) is 6.92 Å². The van der Waals surface area contributed by atoms with E-state index in [0.29, 0.717) is 32.8 Å². The highest BCUT2D eigenvalue weighted by atomic mass is 32.1. The predicted octanol–water partition coefficient (Wildman–Crippen LogP) is 2.00. The first-order valence-corrected chi connectivity index (χ1v) is 6.29. The Kier molecular flexibility index (Phi) is 3.87. The number of hydrogen-bond acceptors (Lipinski definition) is 7. The van der Waals surface area contributed by atoms with Crippen LogP contribution < -0.4 is 0 Å². The number of hydrogen-bond donors (Lipinski definition) is 0. The van der Waals surface area contributed by atoms with E-state index >= 15 is 0 Å². The van der Waals surface area contributed by atoms with E-state index < -0.39 is 5.97 Å². The number of aldehydes is 1. The van der Waals surface area contributed by atoms with Gasteiger partial charge in [-0.05, 0) is 6.92 Å². The van der Waals surface area contributed by atoms with E-state index in [4.69, 9.17) is 9.47 Å². The predicted molar refractivity (Wildman–Crippen MR) is 69.6 cm³/mol. The van der Waals surface area contributed by atoms with Crippen molar-refractivity contribution in [2.24, 2.45) is 0 Å². The molecule has 0 bridgehead atoms. The number of rotatable bonds is 4. The van der Waals surface area contributed by atoms with Crippen LogP contribution in [0, 0.1) is 0 Å². The first kappa shape index (κ1) is 13.6. The van der Waals surface area contributed by atoms with Crippen molar-refractivity contribution in [2.45, 2.75) is 13.0 Å². The molecule has 0 saturated carbocycles. The molecule has 0 saturated heterocycles. The van der Waals surface area contributed by atoms with Crippen molar-refractivity contribution in [2.75, 3.05) is 14.2 Å². The van der Waals surface area contributed by atoms with Gasteiger partial charge in [0.25, 0.3) is 0 Å². The quantitative estimate of drug-likeness (QED) is 0.629. The van der Waals surface area contributed by atoms with Gasteiger partial charge in [0.05, 0.1) is 18.8 Å². The Morgan fingerprint density at radius 1 is 1.47 bits per heavy atom. The van der Waals surface area contributed by atoms with Crippen molar-refractivity contribution in [3.63, 3.8) is 0 Å². The van der Waals surface area contributed by atoms with Crippen LogP contribution in [0.4, 0.5) is 0 Å². The van der Waals surface area contributed by atoms with Gasteiger partial charge in [-0.1, -0.05) is 11.3 Å². The molecular formula is C12H12N2O4S. The first-order chi connectivity index (χ1) is 9.12. The molecule has 0 N–H and O–H groups in total. The average molecular weight is 280 g/mol. The van der Waals surface area contributed by atoms with Gasteiger partial charge in [-0.2, -0.15) is 0 Å². The fraction of sp³-hybridized carbons (Fsp3) is 0.333. The summed E-state index contributed by atoms with van der Waals surface area (Å²) in [5.41, 5.74) is 1.39. The van der Waals surface area contributed by atoms with Gasteiger partial charge in [-0.15, -0.1) is 0 Å². The zero-order valence-corrected chi connectivity index (χ0v) is 11.5. The second-order valence-corrected chi connectivity index (χ2v) is 4.79. The number of nitrogens with zero attached hydrogens (tertiary/aromatic N) is 2. The molecule has 0 unspecified atom stereocenters. The number of esters is 1. The van der Waals surface area contributed by atoms with Crippen molar-refractivity contribution in [3.8, 4) is 0 Å². The normalized spacial score (nSPS) is 12.4. The molecule has 7 heteroatoms. The van der Waals surface area contributed by atoms with Crippen LogP contribution >= 0.6 is 11.3 Å². The SMILES string of the molecule is COC(=O)c1cnc2sc(C=O)nc2c1[C@H](C)OC. The molecule has 0 spiro atoms. The fourth-order valence-corrected chi connectivity index (χ4v) is 2.50. The monoisotopic (exact) mass is 280 g/mol. The minimum atomic E-state index is -0.506. The number of carbonyl (C=O) groups excluding carboxylic acids is 2. The number of aromatic nitrogens is 2. The van der Waals surface area contributed by atoms with Crippen molar-refractivity contribution < 1.29 is 19.1 Å². The summed E-state index contributed by atoms with van der Waals surface area (Å²) < 4.78 is 9.99. The third kappa shape index (κ3) is 2.34. The van der Waals surface area contributed by atoms with Gasteiger partial charge in [0.15, 0.2) is 11.3 Å². The number of fused-ring (bicyclic) bond motifs is 1. The van der Waals surface area contributed by atoms with Crippen LogP contribution in [0.15, 0.2) is 6.20 Å². The van der Waals surface area contributed by atoms with Crippen LogP contribution in [0.1, 0.15) is 38.8 Å². The van der Waals surface area contributed by atoms with Crippen LogP contribution in [0.25, 0.3) is 10.3 Å². The molecule has 0 fully saturated rings. The molecule has 2 heterocycles. The van der Waals surface area contributed by atoms with E-state index in [1.807, 2.05) is 0 Å². The van der Waals surface area contributed by atoms with Gasteiger partial charge in [-0.3, -0.25) is 4.79 Å². The molecule has 0 radical (unpaired) electrons. The second kappa shape index (κ2) is 5.41. The van der Waals surface area contributed by atoms with E-state index in [0.717, 1.165) is 0 Å². The third-order valence-corrected chi connectivity index (χ3v) is 3.64. The summed E-state index contributed by atoms with van der Waals surface area (Å²) in [6, 6.07) is 0. The summed E-state index contributed by atoms with van der Waals surface area (Å²) >= 11 is 1.17. The standard InChI is InChI=1S/C12H12N2O4S/c1-6(17-2)9-7(12(16)18-3)4-13-11-10(9)14-8(5-15)19-11/h4-6H,1-3H3/t6-/m0/s1. The summed E-state index contributed by atoms with van der Waals surface area (Å²) in [5, 5.41) is 0.314. The van der Waals surface area contributed by atoms with E-state index in [1.165, 1.54) is 31.8 Å². The van der Waals surface area contributed by atoms with Crippen LogP contribution in [-0.2, 0) is 9.47 Å². The largest absolute Gasteiger partial charge is 0.465 e. The zero-order valence-electron chi connectivity index (χ0n) is 10.7. The molecule has 0 aliphatic rings. The maximum absolute atomic E-state index is 11.8. The lowest BCUT2D eigenvalue weighted by Gasteiger charge is -2.13. The molecule has 2 rings (SSSR count). The Balaban J connectivity index is 2.75. The lowest BCUT2D eigenvalue weighted by Crippen LogP contribution is -2.10. The summed E-state index contributed by atoms with van der Waals surface area (Å²) in [6.45, 7) is 1.79. The Bertz CT molecular complexity index is 638. The summed E-state index contributed by atoms with van der Waals surface area (Å²) in [6.07, 6.45) is 1.72. The highest BCUT2D eigenvalue weighted by Crippen LogP contribution is 2.30. The number of carbonyl (C=O) groups is 2. The highest BCUT2D eigenvalue weighted by molar-refractivity contribution is 7.19. The molecule has 6 nitrogen and oxygen atoms in total. The smallest absolute Gasteiger partial charge is 0.339 e. The average Bonchev–Trinajstić information content (AvgIpc) is 2.87. The number of methoxy groups -OCH3 is 2.